The minimum absolute atomic E-state index is 0.00425. The van der Waals surface area contributed by atoms with Crippen molar-refractivity contribution in [2.45, 2.75) is 142 Å². The maximum atomic E-state index is 11.9. The molecule has 228 valence electrons. The van der Waals surface area contributed by atoms with Crippen LogP contribution in [0, 0.1) is 0 Å². The Morgan fingerprint density at radius 2 is 1.10 bits per heavy atom. The molecule has 40 heavy (non-hydrogen) atoms. The molecule has 1 rings (SSSR count). The number of aryl methyl sites for hydroxylation is 1. The smallest absolute Gasteiger partial charge is 0.461 e. The van der Waals surface area contributed by atoms with Gasteiger partial charge in [-0.15, -0.1) is 0 Å². The zero-order valence-electron chi connectivity index (χ0n) is 25.6. The van der Waals surface area contributed by atoms with Gasteiger partial charge < -0.3 is 14.2 Å². The number of aromatic nitrogens is 1. The molecule has 0 radical (unpaired) electrons. The lowest BCUT2D eigenvalue weighted by molar-refractivity contribution is -0.697. The van der Waals surface area contributed by atoms with Gasteiger partial charge in [0.2, 0.25) is 0 Å². The highest BCUT2D eigenvalue weighted by Crippen LogP contribution is 2.13. The summed E-state index contributed by atoms with van der Waals surface area (Å²) in [6.07, 6.45) is 27.2. The average Bonchev–Trinajstić information content (AvgIpc) is 2.97. The van der Waals surface area contributed by atoms with Crippen molar-refractivity contribution in [1.29, 1.82) is 0 Å². The fourth-order valence-electron chi connectivity index (χ4n) is 4.63. The van der Waals surface area contributed by atoms with Gasteiger partial charge in [0.05, 0.1) is 6.61 Å². The van der Waals surface area contributed by atoms with Crippen molar-refractivity contribution in [3.8, 4) is 0 Å². The summed E-state index contributed by atoms with van der Waals surface area (Å²) in [4.78, 5) is 23.7. The van der Waals surface area contributed by atoms with Gasteiger partial charge in [-0.05, 0) is 24.8 Å². The van der Waals surface area contributed by atoms with Crippen LogP contribution in [0.5, 0.6) is 0 Å². The van der Waals surface area contributed by atoms with Crippen molar-refractivity contribution in [3.05, 3.63) is 42.7 Å². The summed E-state index contributed by atoms with van der Waals surface area (Å²) in [5.41, 5.74) is 0.542. The molecule has 0 fully saturated rings. The van der Waals surface area contributed by atoms with E-state index in [0.717, 1.165) is 51.5 Å². The van der Waals surface area contributed by atoms with E-state index >= 15 is 0 Å². The third-order valence-electron chi connectivity index (χ3n) is 7.12. The summed E-state index contributed by atoms with van der Waals surface area (Å²) in [7, 11) is 0. The zero-order chi connectivity index (χ0) is 28.9. The monoisotopic (exact) mass is 560 g/mol. The Balaban J connectivity index is 1.83. The molecule has 0 bridgehead atoms. The number of carbonyl (C=O) groups is 2. The van der Waals surface area contributed by atoms with Gasteiger partial charge in [0.25, 0.3) is 0 Å². The van der Waals surface area contributed by atoms with Crippen LogP contribution in [-0.4, -0.2) is 31.9 Å². The van der Waals surface area contributed by atoms with Crippen LogP contribution in [-0.2, 0) is 25.5 Å². The molecular formula is C34H58NO5+. The number of hydrogen-bond acceptors (Lipinski definition) is 5. The van der Waals surface area contributed by atoms with Crippen molar-refractivity contribution in [3.63, 3.8) is 0 Å². The first kappa shape index (κ1) is 35.7. The molecule has 0 atom stereocenters. The van der Waals surface area contributed by atoms with Crippen LogP contribution in [0.3, 0.4) is 0 Å². The summed E-state index contributed by atoms with van der Waals surface area (Å²) >= 11 is 0. The minimum atomic E-state index is -0.687. The van der Waals surface area contributed by atoms with Gasteiger partial charge in [0.15, 0.2) is 12.4 Å². The molecule has 1 heterocycles. The molecular weight excluding hydrogens is 502 g/mol. The third kappa shape index (κ3) is 23.5. The Bertz CT molecular complexity index is 752. The Labute approximate surface area is 244 Å². The maximum Gasteiger partial charge on any atom is 0.508 e. The SMILES string of the molecule is C=C(COC(=O)CCCCCCC[n+]1ccccc1)COC(=O)OCCCCCCCCCCCCCCCC. The molecule has 0 amide bonds. The van der Waals surface area contributed by atoms with Gasteiger partial charge in [-0.3, -0.25) is 4.79 Å². The van der Waals surface area contributed by atoms with Crippen molar-refractivity contribution < 1.29 is 28.4 Å². The van der Waals surface area contributed by atoms with Crippen molar-refractivity contribution in [2.75, 3.05) is 19.8 Å². The Kier molecular flexibility index (Phi) is 23.9. The van der Waals surface area contributed by atoms with Crippen LogP contribution >= 0.6 is 0 Å². The predicted octanol–water partition coefficient (Wildman–Crippen LogP) is 9.05. The molecule has 0 spiro atoms. The molecule has 0 aliphatic carbocycles. The number of nitrogens with zero attached hydrogens (tertiary/aromatic N) is 1. The van der Waals surface area contributed by atoms with Gasteiger partial charge in [-0.1, -0.05) is 116 Å². The first-order valence-electron chi connectivity index (χ1n) is 16.2. The summed E-state index contributed by atoms with van der Waals surface area (Å²) in [5, 5.41) is 0. The van der Waals surface area contributed by atoms with E-state index in [1.54, 1.807) is 0 Å². The molecule has 0 unspecified atom stereocenters. The fraction of sp³-hybridized carbons (Fsp3) is 0.735. The van der Waals surface area contributed by atoms with E-state index < -0.39 is 6.16 Å². The third-order valence-corrected chi connectivity index (χ3v) is 7.12. The number of esters is 1. The van der Waals surface area contributed by atoms with Gasteiger partial charge in [0.1, 0.15) is 19.8 Å². The van der Waals surface area contributed by atoms with E-state index in [1.165, 1.54) is 77.0 Å². The van der Waals surface area contributed by atoms with Crippen LogP contribution < -0.4 is 4.57 Å². The molecule has 6 heteroatoms. The summed E-state index contributed by atoms with van der Waals surface area (Å²) in [6.45, 7) is 7.56. The molecule has 0 saturated carbocycles. The molecule has 0 N–H and O–H groups in total. The predicted molar refractivity (Wildman–Crippen MR) is 162 cm³/mol. The van der Waals surface area contributed by atoms with E-state index in [4.69, 9.17) is 14.2 Å². The summed E-state index contributed by atoms with van der Waals surface area (Å²) in [5.74, 6) is -0.235. The lowest BCUT2D eigenvalue weighted by Crippen LogP contribution is -2.32. The molecule has 6 nitrogen and oxygen atoms in total. The summed E-state index contributed by atoms with van der Waals surface area (Å²) in [6, 6.07) is 6.11. The van der Waals surface area contributed by atoms with Crippen LogP contribution in [0.25, 0.3) is 0 Å². The van der Waals surface area contributed by atoms with Crippen LogP contribution in [0.15, 0.2) is 42.7 Å². The van der Waals surface area contributed by atoms with E-state index in [1.807, 2.05) is 18.2 Å². The molecule has 0 aliphatic rings. The zero-order valence-corrected chi connectivity index (χ0v) is 25.6. The van der Waals surface area contributed by atoms with Crippen LogP contribution in [0.1, 0.15) is 135 Å². The Morgan fingerprint density at radius 1 is 0.600 bits per heavy atom. The number of pyridine rings is 1. The number of ether oxygens (including phenoxy) is 3. The second kappa shape index (κ2) is 26.8. The highest BCUT2D eigenvalue weighted by molar-refractivity contribution is 5.69. The summed E-state index contributed by atoms with van der Waals surface area (Å²) < 4.78 is 17.6. The lowest BCUT2D eigenvalue weighted by Gasteiger charge is -2.09. The van der Waals surface area contributed by atoms with Gasteiger partial charge in [-0.2, -0.15) is 0 Å². The second-order valence-electron chi connectivity index (χ2n) is 11.0. The van der Waals surface area contributed by atoms with Crippen molar-refractivity contribution in [2.24, 2.45) is 0 Å². The first-order chi connectivity index (χ1) is 19.6. The largest absolute Gasteiger partial charge is 0.508 e. The quantitative estimate of drug-likeness (QED) is 0.0465. The molecule has 0 saturated heterocycles. The van der Waals surface area contributed by atoms with E-state index in [2.05, 4.69) is 30.5 Å². The van der Waals surface area contributed by atoms with Crippen molar-refractivity contribution in [1.82, 2.24) is 0 Å². The fourth-order valence-corrected chi connectivity index (χ4v) is 4.63. The maximum absolute atomic E-state index is 11.9. The van der Waals surface area contributed by atoms with Crippen LogP contribution in [0.2, 0.25) is 0 Å². The standard InChI is InChI=1S/C34H58NO5/c1-3-4-5-6-7-8-9-10-11-12-13-14-18-24-29-38-34(37)40-31-32(2)30-39-33(36)25-20-16-15-17-21-26-35-27-22-19-23-28-35/h19,22-23,27-28H,2-18,20-21,24-26,29-31H2,1H3/q+1. The minimum Gasteiger partial charge on any atom is -0.461 e. The Hall–Kier alpha value is -2.37. The van der Waals surface area contributed by atoms with Gasteiger partial charge >= 0.3 is 12.1 Å². The van der Waals surface area contributed by atoms with E-state index in [-0.39, 0.29) is 19.2 Å². The highest BCUT2D eigenvalue weighted by atomic mass is 16.7. The van der Waals surface area contributed by atoms with E-state index in [0.29, 0.717) is 18.6 Å². The number of hydrogen-bond donors (Lipinski definition) is 0. The average molecular weight is 561 g/mol. The normalized spacial score (nSPS) is 10.8. The lowest BCUT2D eigenvalue weighted by atomic mass is 10.0. The number of rotatable bonds is 27. The number of unbranched alkanes of at least 4 members (excludes halogenated alkanes) is 17. The molecule has 1 aromatic rings. The second-order valence-corrected chi connectivity index (χ2v) is 11.0. The van der Waals surface area contributed by atoms with Crippen molar-refractivity contribution >= 4 is 12.1 Å². The van der Waals surface area contributed by atoms with Gasteiger partial charge in [0, 0.05) is 25.0 Å². The highest BCUT2D eigenvalue weighted by Gasteiger charge is 2.08. The number of carbonyl (C=O) groups excluding carboxylic acids is 2. The first-order valence-corrected chi connectivity index (χ1v) is 16.2. The molecule has 0 aromatic carbocycles. The topological polar surface area (TPSA) is 65.7 Å². The molecule has 0 aliphatic heterocycles. The Morgan fingerprint density at radius 3 is 1.70 bits per heavy atom. The van der Waals surface area contributed by atoms with Crippen LogP contribution in [0.4, 0.5) is 4.79 Å². The molecule has 1 aromatic heterocycles. The van der Waals surface area contributed by atoms with Gasteiger partial charge in [-0.25, -0.2) is 9.36 Å². The van der Waals surface area contributed by atoms with E-state index in [9.17, 15) is 9.59 Å².